The van der Waals surface area contributed by atoms with Gasteiger partial charge in [0.25, 0.3) is 5.91 Å². The van der Waals surface area contributed by atoms with E-state index in [2.05, 4.69) is 60.3 Å². The summed E-state index contributed by atoms with van der Waals surface area (Å²) in [6.07, 6.45) is 17.6. The molecular weight excluding hydrogens is 1410 g/mol. The number of halogens is 7. The number of carbonyl (C=O) groups excluding carboxylic acids is 3. The van der Waals surface area contributed by atoms with Crippen molar-refractivity contribution in [1.82, 2.24) is 39.5 Å². The Balaban J connectivity index is 0.000000185. The molecule has 0 bridgehead atoms. The molecule has 5 N–H and O–H groups in total. The fourth-order valence-electron chi connectivity index (χ4n) is 10.0. The maximum absolute atomic E-state index is 15.7. The fraction of sp³-hybridized carbons (Fsp3) is 0.338. The van der Waals surface area contributed by atoms with Crippen molar-refractivity contribution in [3.8, 4) is 11.1 Å². The van der Waals surface area contributed by atoms with Crippen LogP contribution < -0.4 is 14.9 Å². The van der Waals surface area contributed by atoms with Crippen LogP contribution in [0.15, 0.2) is 109 Å². The molecule has 2 saturated heterocycles. The molecule has 8 heterocycles. The SMILES string of the molecule is Brc1cnc(C2CC2)nc1.C1COCCO1.CCCS(=O)(=O)Nc1ccc(F)c(C(=O)c2c[nH]c3ncc(-c4cnc(C5CC5)nc4)cc23)c1F.CCCS(=O)(=O)Nc1ccc(F)c(C(=O)c2cn(C(=O)c3c(Cl)cccc3Cl)c3ncc(B4OC(C)(C)C(C)(C)O4)cc23)c1F.O. The molecule has 97 heavy (non-hydrogen) atoms. The van der Waals surface area contributed by atoms with E-state index >= 15 is 13.2 Å². The topological polar surface area (TPSA) is 310 Å². The molecule has 2 aliphatic heterocycles. The van der Waals surface area contributed by atoms with Gasteiger partial charge in [0.2, 0.25) is 31.6 Å². The van der Waals surface area contributed by atoms with Gasteiger partial charge in [0.05, 0.1) is 97.3 Å². The second kappa shape index (κ2) is 30.6. The molecule has 6 aromatic heterocycles. The summed E-state index contributed by atoms with van der Waals surface area (Å²) in [7, 11) is -8.74. The van der Waals surface area contributed by atoms with Crippen molar-refractivity contribution in [3.05, 3.63) is 181 Å². The summed E-state index contributed by atoms with van der Waals surface area (Å²) in [5.41, 5.74) is -2.80. The lowest BCUT2D eigenvalue weighted by atomic mass is 9.79. The summed E-state index contributed by atoms with van der Waals surface area (Å²) in [4.78, 5) is 69.7. The Kier molecular flexibility index (Phi) is 23.2. The first kappa shape index (κ1) is 73.6. The second-order valence-electron chi connectivity index (χ2n) is 23.8. The van der Waals surface area contributed by atoms with Crippen LogP contribution in [0.1, 0.15) is 146 Å². The van der Waals surface area contributed by atoms with E-state index in [0.717, 1.165) is 90.4 Å². The Morgan fingerprint density at radius 2 is 1.11 bits per heavy atom. The van der Waals surface area contributed by atoms with Crippen LogP contribution in [0.2, 0.25) is 10.0 Å². The number of ketones is 2. The third kappa shape index (κ3) is 17.1. The molecule has 3 aromatic carbocycles. The minimum Gasteiger partial charge on any atom is -0.412 e. The number of sulfonamides is 2. The molecule has 2 saturated carbocycles. The smallest absolute Gasteiger partial charge is 0.412 e. The summed E-state index contributed by atoms with van der Waals surface area (Å²) in [6.45, 7) is 13.8. The number of anilines is 2. The number of aromatic amines is 1. The van der Waals surface area contributed by atoms with Gasteiger partial charge in [-0.3, -0.25) is 28.4 Å². The lowest BCUT2D eigenvalue weighted by molar-refractivity contribution is -0.0334. The van der Waals surface area contributed by atoms with Gasteiger partial charge in [-0.1, -0.05) is 43.1 Å². The van der Waals surface area contributed by atoms with Gasteiger partial charge in [0.1, 0.15) is 34.6 Å². The molecular formula is C65H66BBrCl2F4N10O12S2. The highest BCUT2D eigenvalue weighted by molar-refractivity contribution is 9.10. The number of hydrogen-bond acceptors (Lipinski definition) is 17. The van der Waals surface area contributed by atoms with Crippen LogP contribution in [0, 0.1) is 23.3 Å². The Bertz CT molecular complexity index is 4620. The number of benzene rings is 3. The summed E-state index contributed by atoms with van der Waals surface area (Å²) < 4.78 is 138. The van der Waals surface area contributed by atoms with Crippen LogP contribution in [0.5, 0.6) is 0 Å². The monoisotopic (exact) mass is 1480 g/mol. The predicted molar refractivity (Wildman–Crippen MR) is 363 cm³/mol. The summed E-state index contributed by atoms with van der Waals surface area (Å²) in [5.74, 6) is -5.61. The number of carbonyl (C=O) groups is 3. The quantitative estimate of drug-likeness (QED) is 0.0433. The average Bonchev–Trinajstić information content (AvgIpc) is 1.62. The van der Waals surface area contributed by atoms with Gasteiger partial charge in [0.15, 0.2) is 11.6 Å². The Labute approximate surface area is 574 Å². The Hall–Kier alpha value is -7.65. The van der Waals surface area contributed by atoms with Gasteiger partial charge in [-0.15, -0.1) is 0 Å². The summed E-state index contributed by atoms with van der Waals surface area (Å²) >= 11 is 15.9. The van der Waals surface area contributed by atoms with E-state index in [0.29, 0.717) is 45.9 Å². The van der Waals surface area contributed by atoms with Gasteiger partial charge in [0, 0.05) is 94.3 Å². The third-order valence-electron chi connectivity index (χ3n) is 16.0. The molecule has 2 aliphatic carbocycles. The first-order valence-corrected chi connectivity index (χ1v) is 35.3. The second-order valence-corrected chi connectivity index (χ2v) is 29.2. The van der Waals surface area contributed by atoms with Crippen molar-refractivity contribution in [1.29, 1.82) is 0 Å². The van der Waals surface area contributed by atoms with Crippen molar-refractivity contribution >= 4 is 123 Å². The van der Waals surface area contributed by atoms with Gasteiger partial charge in [-0.25, -0.2) is 64.3 Å². The molecule has 0 spiro atoms. The van der Waals surface area contributed by atoms with Gasteiger partial charge in [-0.05, 0) is 131 Å². The number of fused-ring (bicyclic) bond motifs is 2. The van der Waals surface area contributed by atoms with Crippen LogP contribution in [0.3, 0.4) is 0 Å². The van der Waals surface area contributed by atoms with Crippen LogP contribution >= 0.6 is 39.1 Å². The largest absolute Gasteiger partial charge is 0.496 e. The molecule has 0 atom stereocenters. The number of nitrogens with one attached hydrogen (secondary N) is 3. The first-order chi connectivity index (χ1) is 45.6. The highest BCUT2D eigenvalue weighted by atomic mass is 79.9. The standard InChI is InChI=1S/C30H28BCl2F2N3O6S.C24H21F2N5O3S.C7H7BrN2.C4H8O2.H2O/c1-6-12-45(41,42)37-22-11-10-21(34)24(25(22)35)26(39)18-15-38(28(40)23-19(32)8-7-9-20(23)33)27-17(18)13-16(14-36-27)31-43-29(2,3)30(4,5)44-31;1-2-7-35(33,34)31-19-6-5-18(25)20(21(19)26)22(32)17-12-30-24-16(17)8-14(9-29-24)15-10-27-23(28-11-15)13-3-4-13;8-6-3-9-7(10-4-6)5-1-2-5;1-2-6-4-3-5-1;/h7-11,13-15,37H,6,12H2,1-5H3;5-6,8-13,31H,2-4,7H2,1H3,(H,29,30);3-5H,1-2H2;1-4H2;1H2. The Morgan fingerprint density at radius 1 is 0.639 bits per heavy atom. The number of ether oxygens (including phenoxy) is 2. The molecule has 0 unspecified atom stereocenters. The van der Waals surface area contributed by atoms with Crippen molar-refractivity contribution in [3.63, 3.8) is 0 Å². The number of pyridine rings is 2. The first-order valence-electron chi connectivity index (χ1n) is 30.4. The minimum absolute atomic E-state index is 0. The zero-order valence-electron chi connectivity index (χ0n) is 53.1. The minimum atomic E-state index is -3.98. The average molecular weight is 1480 g/mol. The molecule has 13 rings (SSSR count). The van der Waals surface area contributed by atoms with E-state index in [1.165, 1.54) is 43.4 Å². The van der Waals surface area contributed by atoms with E-state index in [4.69, 9.17) is 42.0 Å². The van der Waals surface area contributed by atoms with E-state index in [-0.39, 0.29) is 61.2 Å². The molecule has 4 aliphatic rings. The zero-order chi connectivity index (χ0) is 69.0. The lowest BCUT2D eigenvalue weighted by Gasteiger charge is -2.32. The summed E-state index contributed by atoms with van der Waals surface area (Å²) in [6, 6.07) is 11.1. The van der Waals surface area contributed by atoms with Crippen LogP contribution in [0.25, 0.3) is 33.2 Å². The summed E-state index contributed by atoms with van der Waals surface area (Å²) in [5, 5.41) is 0.453. The number of hydrogen-bond donors (Lipinski definition) is 3. The number of nitrogens with zero attached hydrogens (tertiary/aromatic N) is 7. The maximum atomic E-state index is 15.7. The molecule has 9 aromatic rings. The highest BCUT2D eigenvalue weighted by Gasteiger charge is 2.52. The maximum Gasteiger partial charge on any atom is 0.496 e. The van der Waals surface area contributed by atoms with Crippen molar-refractivity contribution < 1.29 is 73.0 Å². The van der Waals surface area contributed by atoms with Crippen molar-refractivity contribution in [2.75, 3.05) is 47.4 Å². The number of H-pyrrole nitrogens is 1. The molecule has 4 fully saturated rings. The lowest BCUT2D eigenvalue weighted by Crippen LogP contribution is -2.41. The van der Waals surface area contributed by atoms with Crippen LogP contribution in [0.4, 0.5) is 28.9 Å². The molecule has 0 radical (unpaired) electrons. The fourth-order valence-corrected chi connectivity index (χ4v) is 13.0. The third-order valence-corrected chi connectivity index (χ3v) is 20.0. The van der Waals surface area contributed by atoms with Gasteiger partial charge in [-0.2, -0.15) is 0 Å². The van der Waals surface area contributed by atoms with Gasteiger partial charge >= 0.3 is 7.12 Å². The van der Waals surface area contributed by atoms with Crippen molar-refractivity contribution in [2.24, 2.45) is 0 Å². The van der Waals surface area contributed by atoms with Gasteiger partial charge < -0.3 is 29.2 Å². The normalized spacial score (nSPS) is 15.6. The molecule has 22 nitrogen and oxygen atoms in total. The number of rotatable bonds is 17. The molecule has 32 heteroatoms. The molecule has 0 amide bonds. The van der Waals surface area contributed by atoms with E-state index in [1.54, 1.807) is 57.0 Å². The van der Waals surface area contributed by atoms with E-state index < -0.39 is 102 Å². The van der Waals surface area contributed by atoms with E-state index in [1.807, 2.05) is 27.7 Å². The molecule has 512 valence electrons. The predicted octanol–water partition coefficient (Wildman–Crippen LogP) is 11.9. The number of aromatic nitrogens is 8. The zero-order valence-corrected chi connectivity index (χ0v) is 57.8. The van der Waals surface area contributed by atoms with Crippen LogP contribution in [-0.4, -0.2) is 135 Å². The van der Waals surface area contributed by atoms with Crippen molar-refractivity contribution in [2.45, 2.75) is 103 Å². The Morgan fingerprint density at radius 3 is 1.59 bits per heavy atom. The van der Waals surface area contributed by atoms with E-state index in [9.17, 15) is 35.6 Å². The highest BCUT2D eigenvalue weighted by Crippen LogP contribution is 2.40. The van der Waals surface area contributed by atoms with Crippen LogP contribution in [-0.2, 0) is 38.8 Å².